The molecule has 1 aliphatic carbocycles. The van der Waals surface area contributed by atoms with Crippen LogP contribution in [0.1, 0.15) is 39.5 Å². The van der Waals surface area contributed by atoms with E-state index in [1.807, 2.05) is 0 Å². The van der Waals surface area contributed by atoms with Gasteiger partial charge in [0.15, 0.2) is 0 Å². The molecular weight excluding hydrogens is 148 g/mol. The standard InChI is InChI=1S/C10H18N2/c1-3-7-5-9(11)12-10(4-2)6-8(7)10/h7-8H,3-6H2,1-2H3,(H2,11,12)/t7?,8-,10-/m1/s1. The fraction of sp³-hybridized carbons (Fsp3) is 0.900. The maximum atomic E-state index is 5.83. The summed E-state index contributed by atoms with van der Waals surface area (Å²) in [5.41, 5.74) is 6.12. The van der Waals surface area contributed by atoms with Crippen LogP contribution >= 0.6 is 0 Å². The van der Waals surface area contributed by atoms with Crippen LogP contribution in [0.5, 0.6) is 0 Å². The highest BCUT2D eigenvalue weighted by molar-refractivity contribution is 5.82. The second kappa shape index (κ2) is 2.48. The molecule has 1 fully saturated rings. The van der Waals surface area contributed by atoms with Gasteiger partial charge >= 0.3 is 0 Å². The monoisotopic (exact) mass is 166 g/mol. The molecular formula is C10H18N2. The lowest BCUT2D eigenvalue weighted by Crippen LogP contribution is -2.29. The van der Waals surface area contributed by atoms with E-state index >= 15 is 0 Å². The molecule has 0 radical (unpaired) electrons. The highest BCUT2D eigenvalue weighted by Crippen LogP contribution is 2.57. The van der Waals surface area contributed by atoms with Gasteiger partial charge in [-0.05, 0) is 24.7 Å². The summed E-state index contributed by atoms with van der Waals surface area (Å²) in [7, 11) is 0. The minimum atomic E-state index is 0.295. The molecule has 1 saturated carbocycles. The van der Waals surface area contributed by atoms with Crippen LogP contribution < -0.4 is 5.73 Å². The van der Waals surface area contributed by atoms with Crippen molar-refractivity contribution >= 4 is 5.84 Å². The smallest absolute Gasteiger partial charge is 0.0946 e. The molecule has 0 spiro atoms. The van der Waals surface area contributed by atoms with Crippen molar-refractivity contribution in [3.05, 3.63) is 0 Å². The minimum absolute atomic E-state index is 0.295. The van der Waals surface area contributed by atoms with E-state index in [0.717, 1.165) is 24.1 Å². The van der Waals surface area contributed by atoms with Gasteiger partial charge < -0.3 is 5.73 Å². The Morgan fingerprint density at radius 1 is 1.58 bits per heavy atom. The molecule has 2 rings (SSSR count). The number of nitrogens with zero attached hydrogens (tertiary/aromatic N) is 1. The van der Waals surface area contributed by atoms with Gasteiger partial charge in [-0.1, -0.05) is 20.3 Å². The molecule has 2 N–H and O–H groups in total. The van der Waals surface area contributed by atoms with E-state index in [4.69, 9.17) is 5.73 Å². The molecule has 0 aromatic rings. The molecule has 68 valence electrons. The van der Waals surface area contributed by atoms with Crippen LogP contribution in [0.3, 0.4) is 0 Å². The molecule has 0 amide bonds. The Balaban J connectivity index is 2.18. The minimum Gasteiger partial charge on any atom is -0.387 e. The third kappa shape index (κ3) is 0.970. The van der Waals surface area contributed by atoms with E-state index in [9.17, 15) is 0 Å². The Morgan fingerprint density at radius 2 is 2.33 bits per heavy atom. The molecule has 0 aromatic carbocycles. The summed E-state index contributed by atoms with van der Waals surface area (Å²) in [5.74, 6) is 2.58. The molecule has 0 bridgehead atoms. The highest BCUT2D eigenvalue weighted by atomic mass is 15.0. The summed E-state index contributed by atoms with van der Waals surface area (Å²) in [6.07, 6.45) is 4.78. The van der Waals surface area contributed by atoms with Crippen LogP contribution in [0.15, 0.2) is 4.99 Å². The van der Waals surface area contributed by atoms with Crippen molar-refractivity contribution in [1.82, 2.24) is 0 Å². The van der Waals surface area contributed by atoms with Crippen molar-refractivity contribution in [2.75, 3.05) is 0 Å². The second-order valence-electron chi connectivity index (χ2n) is 4.24. The van der Waals surface area contributed by atoms with Crippen LogP contribution in [0.4, 0.5) is 0 Å². The largest absolute Gasteiger partial charge is 0.387 e. The molecule has 1 aliphatic heterocycles. The number of hydrogen-bond acceptors (Lipinski definition) is 2. The Labute approximate surface area is 74.2 Å². The Hall–Kier alpha value is -0.530. The van der Waals surface area contributed by atoms with Gasteiger partial charge in [0.25, 0.3) is 0 Å². The van der Waals surface area contributed by atoms with Crippen molar-refractivity contribution in [2.45, 2.75) is 45.1 Å². The quantitative estimate of drug-likeness (QED) is 0.669. The van der Waals surface area contributed by atoms with Gasteiger partial charge in [0.2, 0.25) is 0 Å². The molecule has 2 heteroatoms. The topological polar surface area (TPSA) is 38.4 Å². The number of nitrogens with two attached hydrogens (primary N) is 1. The number of fused-ring (bicyclic) bond motifs is 1. The number of aliphatic imine (C=N–C) groups is 1. The summed E-state index contributed by atoms with van der Waals surface area (Å²) in [5, 5.41) is 0. The molecule has 2 aliphatic rings. The van der Waals surface area contributed by atoms with Crippen molar-refractivity contribution < 1.29 is 0 Å². The van der Waals surface area contributed by atoms with Gasteiger partial charge in [-0.3, -0.25) is 4.99 Å². The Morgan fingerprint density at radius 3 is 2.92 bits per heavy atom. The van der Waals surface area contributed by atoms with E-state index in [0.29, 0.717) is 5.54 Å². The number of rotatable bonds is 2. The van der Waals surface area contributed by atoms with Crippen LogP contribution in [0.2, 0.25) is 0 Å². The van der Waals surface area contributed by atoms with Gasteiger partial charge in [0.1, 0.15) is 0 Å². The van der Waals surface area contributed by atoms with Crippen LogP contribution in [0, 0.1) is 11.8 Å². The van der Waals surface area contributed by atoms with Gasteiger partial charge in [-0.2, -0.15) is 0 Å². The van der Waals surface area contributed by atoms with Crippen molar-refractivity contribution in [3.63, 3.8) is 0 Å². The third-order valence-corrected chi connectivity index (χ3v) is 3.65. The van der Waals surface area contributed by atoms with E-state index < -0.39 is 0 Å². The van der Waals surface area contributed by atoms with Gasteiger partial charge in [-0.25, -0.2) is 0 Å². The zero-order chi connectivity index (χ0) is 8.77. The maximum absolute atomic E-state index is 5.83. The average Bonchev–Trinajstić information content (AvgIpc) is 2.78. The van der Waals surface area contributed by atoms with Gasteiger partial charge in [0.05, 0.1) is 11.4 Å². The second-order valence-corrected chi connectivity index (χ2v) is 4.24. The predicted octanol–water partition coefficient (Wildman–Crippen LogP) is 1.94. The molecule has 2 nitrogen and oxygen atoms in total. The molecule has 3 atom stereocenters. The molecule has 0 saturated heterocycles. The summed E-state index contributed by atoms with van der Waals surface area (Å²) in [6.45, 7) is 4.50. The lowest BCUT2D eigenvalue weighted by atomic mass is 9.90. The van der Waals surface area contributed by atoms with E-state index in [1.54, 1.807) is 0 Å². The van der Waals surface area contributed by atoms with Crippen molar-refractivity contribution in [1.29, 1.82) is 0 Å². The summed E-state index contributed by atoms with van der Waals surface area (Å²) < 4.78 is 0. The lowest BCUT2D eigenvalue weighted by molar-refractivity contribution is 0.388. The first-order chi connectivity index (χ1) is 5.72. The SMILES string of the molecule is CCC1CC(N)=N[C@]2(CC)C[C@H]12. The zero-order valence-electron chi connectivity index (χ0n) is 8.01. The lowest BCUT2D eigenvalue weighted by Gasteiger charge is -2.23. The highest BCUT2D eigenvalue weighted by Gasteiger charge is 2.57. The Kier molecular flexibility index (Phi) is 1.67. The van der Waals surface area contributed by atoms with Crippen LogP contribution in [-0.2, 0) is 0 Å². The fourth-order valence-electron chi connectivity index (χ4n) is 2.71. The van der Waals surface area contributed by atoms with E-state index in [2.05, 4.69) is 18.8 Å². The summed E-state index contributed by atoms with van der Waals surface area (Å²) in [6, 6.07) is 0. The van der Waals surface area contributed by atoms with E-state index in [1.165, 1.54) is 19.3 Å². The number of hydrogen-bond donors (Lipinski definition) is 1. The average molecular weight is 166 g/mol. The molecule has 1 unspecified atom stereocenters. The van der Waals surface area contributed by atoms with Gasteiger partial charge in [0, 0.05) is 6.42 Å². The fourth-order valence-corrected chi connectivity index (χ4v) is 2.71. The van der Waals surface area contributed by atoms with Gasteiger partial charge in [-0.15, -0.1) is 0 Å². The molecule has 0 aromatic heterocycles. The zero-order valence-corrected chi connectivity index (χ0v) is 8.01. The Bertz CT molecular complexity index is 222. The van der Waals surface area contributed by atoms with Crippen molar-refractivity contribution in [2.24, 2.45) is 22.6 Å². The molecule has 12 heavy (non-hydrogen) atoms. The van der Waals surface area contributed by atoms with Crippen LogP contribution in [-0.4, -0.2) is 11.4 Å². The van der Waals surface area contributed by atoms with Crippen molar-refractivity contribution in [3.8, 4) is 0 Å². The summed E-state index contributed by atoms with van der Waals surface area (Å²) >= 11 is 0. The van der Waals surface area contributed by atoms with Crippen LogP contribution in [0.25, 0.3) is 0 Å². The number of amidine groups is 1. The first-order valence-corrected chi connectivity index (χ1v) is 5.06. The normalized spacial score (nSPS) is 45.0. The predicted molar refractivity (Wildman–Crippen MR) is 51.1 cm³/mol. The maximum Gasteiger partial charge on any atom is 0.0946 e. The first kappa shape index (κ1) is 8.09. The third-order valence-electron chi connectivity index (χ3n) is 3.65. The summed E-state index contributed by atoms with van der Waals surface area (Å²) in [4.78, 5) is 4.60. The van der Waals surface area contributed by atoms with E-state index in [-0.39, 0.29) is 0 Å². The molecule has 1 heterocycles. The first-order valence-electron chi connectivity index (χ1n) is 5.06.